The van der Waals surface area contributed by atoms with Gasteiger partial charge in [-0.2, -0.15) is 0 Å². The van der Waals surface area contributed by atoms with Gasteiger partial charge in [0.2, 0.25) is 0 Å². The summed E-state index contributed by atoms with van der Waals surface area (Å²) in [7, 11) is 3.93. The monoisotopic (exact) mass is 371 g/mol. The van der Waals surface area contributed by atoms with Crippen molar-refractivity contribution >= 4 is 22.9 Å². The third-order valence-electron chi connectivity index (χ3n) is 3.19. The van der Waals surface area contributed by atoms with E-state index in [1.54, 1.807) is 12.1 Å². The van der Waals surface area contributed by atoms with Crippen molar-refractivity contribution in [1.82, 2.24) is 15.2 Å². The number of hydrogen-bond acceptors (Lipinski definition) is 6. The summed E-state index contributed by atoms with van der Waals surface area (Å²) in [4.78, 5) is 24.3. The van der Waals surface area contributed by atoms with Gasteiger partial charge in [-0.3, -0.25) is 4.79 Å². The van der Waals surface area contributed by atoms with Crippen LogP contribution in [-0.4, -0.2) is 29.9 Å². The van der Waals surface area contributed by atoms with Gasteiger partial charge in [0.05, 0.1) is 18.8 Å². The molecule has 134 valence electrons. The third-order valence-corrected chi connectivity index (χ3v) is 4.09. The summed E-state index contributed by atoms with van der Waals surface area (Å²) >= 11 is 1.48. The van der Waals surface area contributed by atoms with E-state index in [4.69, 9.17) is 11.1 Å². The van der Waals surface area contributed by atoms with Crippen LogP contribution in [0, 0.1) is 0 Å². The lowest BCUT2D eigenvalue weighted by Crippen LogP contribution is -2.23. The number of carbonyl (C=O) groups excluding carboxylic acids is 1. The van der Waals surface area contributed by atoms with Crippen molar-refractivity contribution in [2.75, 3.05) is 14.1 Å². The summed E-state index contributed by atoms with van der Waals surface area (Å²) < 4.78 is 0. The Morgan fingerprint density at radius 2 is 2.12 bits per heavy atom. The van der Waals surface area contributed by atoms with E-state index >= 15 is 0 Å². The number of aromatic nitrogens is 1. The normalized spacial score (nSPS) is 10.1. The van der Waals surface area contributed by atoms with Crippen LogP contribution in [0.4, 0.5) is 5.69 Å². The number of amides is 1. The Hall–Kier alpha value is -3.10. The molecule has 11 heteroatoms. The van der Waals surface area contributed by atoms with Gasteiger partial charge >= 0.3 is 0 Å². The molecule has 0 aliphatic heterocycles. The Morgan fingerprint density at radius 3 is 2.81 bits per heavy atom. The summed E-state index contributed by atoms with van der Waals surface area (Å²) in [6.07, 6.45) is 0. The van der Waals surface area contributed by atoms with Gasteiger partial charge in [-0.1, -0.05) is 10.2 Å². The number of carbonyl (C=O) groups is 1. The first-order valence-corrected chi connectivity index (χ1v) is 8.46. The van der Waals surface area contributed by atoms with E-state index in [-0.39, 0.29) is 18.1 Å². The number of hydrogen-bond donors (Lipinski definition) is 1. The van der Waals surface area contributed by atoms with E-state index in [2.05, 4.69) is 30.4 Å². The second-order valence-electron chi connectivity index (χ2n) is 5.62. The smallest absolute Gasteiger partial charge is 0.251 e. The number of nitrogens with zero attached hydrogens (tertiary/aromatic N) is 8. The highest BCUT2D eigenvalue weighted by Gasteiger charge is 2.10. The first-order valence-electron chi connectivity index (χ1n) is 7.58. The van der Waals surface area contributed by atoms with Gasteiger partial charge in [0, 0.05) is 33.0 Å². The molecule has 2 aromatic rings. The molecule has 0 saturated carbocycles. The molecule has 0 radical (unpaired) electrons. The zero-order chi connectivity index (χ0) is 18.9. The van der Waals surface area contributed by atoms with Gasteiger partial charge in [0.15, 0.2) is 0 Å². The molecule has 0 unspecified atom stereocenters. The van der Waals surface area contributed by atoms with Gasteiger partial charge in [-0.25, -0.2) is 4.98 Å². The highest BCUT2D eigenvalue weighted by atomic mass is 32.1. The van der Waals surface area contributed by atoms with E-state index < -0.39 is 0 Å². The largest absolute Gasteiger partial charge is 0.346 e. The fraction of sp³-hybridized carbons (Fsp3) is 0.333. The zero-order valence-electron chi connectivity index (χ0n) is 14.3. The summed E-state index contributed by atoms with van der Waals surface area (Å²) in [6.45, 7) is 1.10. The van der Waals surface area contributed by atoms with Crippen molar-refractivity contribution in [3.8, 4) is 0 Å². The highest BCUT2D eigenvalue weighted by Crippen LogP contribution is 2.19. The number of azide groups is 2. The maximum atomic E-state index is 12.4. The van der Waals surface area contributed by atoms with Crippen LogP contribution in [0.1, 0.15) is 26.6 Å². The molecule has 0 fully saturated rings. The Balaban J connectivity index is 2.10. The SMILES string of the molecule is CN(C)Cc1csc(CNC(=O)c2cc(CN=[N+]=[N-])cc(N=[N+]=[N-])c2)n1. The topological polar surface area (TPSA) is 143 Å². The van der Waals surface area contributed by atoms with Crippen LogP contribution in [0.25, 0.3) is 20.9 Å². The zero-order valence-corrected chi connectivity index (χ0v) is 15.1. The van der Waals surface area contributed by atoms with E-state index in [1.807, 2.05) is 24.4 Å². The van der Waals surface area contributed by atoms with Gasteiger partial charge in [-0.05, 0) is 48.9 Å². The van der Waals surface area contributed by atoms with Gasteiger partial charge in [0.25, 0.3) is 5.91 Å². The molecule has 0 bridgehead atoms. The molecule has 1 amide bonds. The molecule has 1 heterocycles. The average Bonchev–Trinajstić information content (AvgIpc) is 3.04. The highest BCUT2D eigenvalue weighted by molar-refractivity contribution is 7.09. The number of nitrogens with one attached hydrogen (secondary N) is 1. The van der Waals surface area contributed by atoms with Crippen LogP contribution in [0.2, 0.25) is 0 Å². The van der Waals surface area contributed by atoms with Crippen LogP contribution in [-0.2, 0) is 19.6 Å². The minimum Gasteiger partial charge on any atom is -0.346 e. The van der Waals surface area contributed by atoms with Crippen LogP contribution in [0.15, 0.2) is 33.8 Å². The van der Waals surface area contributed by atoms with Gasteiger partial charge in [0.1, 0.15) is 5.01 Å². The molecule has 1 N–H and O–H groups in total. The molecule has 0 aliphatic carbocycles. The number of thiazole rings is 1. The standard InChI is InChI=1S/C15H17N9OS/c1-24(2)8-13-9-26-14(20-13)7-18-15(25)11-3-10(6-19-22-16)4-12(5-11)21-23-17/h3-5,9H,6-8H2,1-2H3,(H,18,25). The molecule has 1 aromatic carbocycles. The van der Waals surface area contributed by atoms with Crippen LogP contribution < -0.4 is 5.32 Å². The molecule has 26 heavy (non-hydrogen) atoms. The minimum absolute atomic E-state index is 0.0615. The summed E-state index contributed by atoms with van der Waals surface area (Å²) in [6, 6.07) is 4.65. The predicted molar refractivity (Wildman–Crippen MR) is 98.8 cm³/mol. The van der Waals surface area contributed by atoms with Gasteiger partial charge < -0.3 is 10.2 Å². The lowest BCUT2D eigenvalue weighted by Gasteiger charge is -2.07. The fourth-order valence-corrected chi connectivity index (χ4v) is 2.93. The summed E-state index contributed by atoms with van der Waals surface area (Å²) in [5.74, 6) is -0.327. The van der Waals surface area contributed by atoms with Crippen molar-refractivity contribution in [3.05, 3.63) is 66.3 Å². The van der Waals surface area contributed by atoms with Crippen molar-refractivity contribution in [1.29, 1.82) is 0 Å². The van der Waals surface area contributed by atoms with Crippen LogP contribution in [0.3, 0.4) is 0 Å². The molecule has 0 aliphatic rings. The number of benzene rings is 1. The Kier molecular flexibility index (Phi) is 6.95. The lowest BCUT2D eigenvalue weighted by molar-refractivity contribution is 0.0950. The molecule has 2 rings (SSSR count). The fourth-order valence-electron chi connectivity index (χ4n) is 2.20. The predicted octanol–water partition coefficient (Wildman–Crippen LogP) is 3.89. The average molecular weight is 371 g/mol. The molecular formula is C15H17N9OS. The Bertz CT molecular complexity index is 879. The molecule has 1 aromatic heterocycles. The molecular weight excluding hydrogens is 354 g/mol. The third kappa shape index (κ3) is 5.76. The quantitative estimate of drug-likeness (QED) is 0.427. The first kappa shape index (κ1) is 19.2. The van der Waals surface area contributed by atoms with E-state index in [0.717, 1.165) is 17.2 Å². The Morgan fingerprint density at radius 1 is 1.31 bits per heavy atom. The molecule has 0 atom stereocenters. The summed E-state index contributed by atoms with van der Waals surface area (Å²) in [5, 5.41) is 12.5. The second-order valence-corrected chi connectivity index (χ2v) is 6.56. The minimum atomic E-state index is -0.327. The molecule has 10 nitrogen and oxygen atoms in total. The second kappa shape index (κ2) is 9.40. The number of rotatable bonds is 8. The maximum Gasteiger partial charge on any atom is 0.251 e. The van der Waals surface area contributed by atoms with Crippen molar-refractivity contribution < 1.29 is 4.79 Å². The maximum absolute atomic E-state index is 12.4. The van der Waals surface area contributed by atoms with E-state index in [1.165, 1.54) is 17.4 Å². The Labute approximate surface area is 153 Å². The van der Waals surface area contributed by atoms with Crippen molar-refractivity contribution in [2.45, 2.75) is 19.6 Å². The van der Waals surface area contributed by atoms with E-state index in [0.29, 0.717) is 17.7 Å². The summed E-state index contributed by atoms with van der Waals surface area (Å²) in [5.41, 5.74) is 19.2. The molecule has 0 saturated heterocycles. The van der Waals surface area contributed by atoms with Gasteiger partial charge in [-0.15, -0.1) is 11.3 Å². The lowest BCUT2D eigenvalue weighted by atomic mass is 10.1. The van der Waals surface area contributed by atoms with E-state index in [9.17, 15) is 4.79 Å². The first-order chi connectivity index (χ1) is 12.5. The van der Waals surface area contributed by atoms with Crippen LogP contribution >= 0.6 is 11.3 Å². The molecule has 0 spiro atoms. The van der Waals surface area contributed by atoms with Crippen LogP contribution in [0.5, 0.6) is 0 Å². The van der Waals surface area contributed by atoms with Crippen molar-refractivity contribution in [2.24, 2.45) is 10.2 Å². The van der Waals surface area contributed by atoms with Crippen molar-refractivity contribution in [3.63, 3.8) is 0 Å².